The second-order valence-corrected chi connectivity index (χ2v) is 5.46. The Hall–Kier alpha value is -1.52. The topological polar surface area (TPSA) is 35.6 Å². The third kappa shape index (κ3) is 2.01. The first-order valence-electron chi connectivity index (χ1n) is 5.88. The van der Waals surface area contributed by atoms with Crippen LogP contribution in [0.5, 0.6) is 0 Å². The summed E-state index contributed by atoms with van der Waals surface area (Å²) in [6.45, 7) is 1.89. The number of imidazole rings is 1. The number of fused-ring (bicyclic) bond motifs is 1. The highest BCUT2D eigenvalue weighted by atomic mass is 35.5. The Labute approximate surface area is 120 Å². The lowest BCUT2D eigenvalue weighted by molar-refractivity contribution is 0.767. The lowest BCUT2D eigenvalue weighted by Gasteiger charge is -2.07. The van der Waals surface area contributed by atoms with Crippen molar-refractivity contribution < 1.29 is 0 Å². The Bertz CT molecular complexity index is 742. The van der Waals surface area contributed by atoms with Crippen molar-refractivity contribution in [2.24, 2.45) is 7.05 Å². The number of benzene rings is 1. The van der Waals surface area contributed by atoms with Crippen LogP contribution in [0, 0.1) is 0 Å². The van der Waals surface area contributed by atoms with E-state index in [1.165, 1.54) is 0 Å². The Balaban J connectivity index is 2.37. The smallest absolute Gasteiger partial charge is 0.132 e. The Morgan fingerprint density at radius 2 is 2.11 bits per heavy atom. The van der Waals surface area contributed by atoms with Crippen LogP contribution in [0.25, 0.3) is 16.7 Å². The summed E-state index contributed by atoms with van der Waals surface area (Å²) in [6.07, 6.45) is 3.70. The van der Waals surface area contributed by atoms with E-state index >= 15 is 0 Å². The maximum atomic E-state index is 6.24. The number of hydrogen-bond acceptors (Lipinski definition) is 2. The van der Waals surface area contributed by atoms with Gasteiger partial charge in [0.1, 0.15) is 11.3 Å². The zero-order valence-electron chi connectivity index (χ0n) is 10.5. The van der Waals surface area contributed by atoms with Crippen LogP contribution in [0.3, 0.4) is 0 Å². The average molecular weight is 295 g/mol. The lowest BCUT2D eigenvalue weighted by Crippen LogP contribution is -2.00. The number of para-hydroxylation sites is 1. The molecule has 0 aliphatic carbocycles. The van der Waals surface area contributed by atoms with E-state index in [-0.39, 0.29) is 5.38 Å². The summed E-state index contributed by atoms with van der Waals surface area (Å²) in [7, 11) is 1.87. The summed E-state index contributed by atoms with van der Waals surface area (Å²) < 4.78 is 3.74. The molecule has 0 N–H and O–H groups in total. The molecule has 1 aromatic carbocycles. The fraction of sp³-hybridized carbons (Fsp3) is 0.231. The fourth-order valence-electron chi connectivity index (χ4n) is 2.15. The van der Waals surface area contributed by atoms with Crippen molar-refractivity contribution in [2.75, 3.05) is 0 Å². The minimum Gasteiger partial charge on any atom is -0.292 e. The quantitative estimate of drug-likeness (QED) is 0.676. The fourth-order valence-corrected chi connectivity index (χ4v) is 2.50. The second-order valence-electron chi connectivity index (χ2n) is 4.40. The molecular formula is C13H12Cl2N4. The molecule has 0 radical (unpaired) electrons. The second kappa shape index (κ2) is 4.54. The molecule has 0 bridgehead atoms. The summed E-state index contributed by atoms with van der Waals surface area (Å²) in [5.74, 6) is 0.762. The van der Waals surface area contributed by atoms with Gasteiger partial charge in [0.05, 0.1) is 27.8 Å². The van der Waals surface area contributed by atoms with Gasteiger partial charge in [0.2, 0.25) is 0 Å². The first-order chi connectivity index (χ1) is 9.08. The van der Waals surface area contributed by atoms with Crippen LogP contribution in [0.15, 0.2) is 30.6 Å². The Morgan fingerprint density at radius 3 is 2.74 bits per heavy atom. The number of hydrogen-bond donors (Lipinski definition) is 0. The summed E-state index contributed by atoms with van der Waals surface area (Å²) in [4.78, 5) is 4.56. The third-order valence-corrected chi connectivity index (χ3v) is 3.47. The molecular weight excluding hydrogens is 283 g/mol. The molecule has 3 rings (SSSR count). The van der Waals surface area contributed by atoms with Crippen molar-refractivity contribution in [1.29, 1.82) is 0 Å². The Morgan fingerprint density at radius 1 is 1.32 bits per heavy atom. The molecule has 3 aromatic rings. The molecule has 0 amide bonds. The number of aryl methyl sites for hydroxylation is 1. The molecule has 98 valence electrons. The van der Waals surface area contributed by atoms with E-state index in [9.17, 15) is 0 Å². The highest BCUT2D eigenvalue weighted by molar-refractivity contribution is 6.35. The van der Waals surface area contributed by atoms with Crippen LogP contribution in [0.4, 0.5) is 0 Å². The van der Waals surface area contributed by atoms with E-state index < -0.39 is 0 Å². The van der Waals surface area contributed by atoms with Crippen LogP contribution in [0.2, 0.25) is 5.02 Å². The molecule has 1 atom stereocenters. The summed E-state index contributed by atoms with van der Waals surface area (Å²) in [6, 6.07) is 5.71. The van der Waals surface area contributed by atoms with Crippen molar-refractivity contribution in [3.63, 3.8) is 0 Å². The first-order valence-corrected chi connectivity index (χ1v) is 6.69. The van der Waals surface area contributed by atoms with Crippen LogP contribution >= 0.6 is 23.2 Å². The van der Waals surface area contributed by atoms with Gasteiger partial charge < -0.3 is 0 Å². The van der Waals surface area contributed by atoms with Gasteiger partial charge in [-0.2, -0.15) is 5.10 Å². The molecule has 0 aliphatic heterocycles. The van der Waals surface area contributed by atoms with Crippen molar-refractivity contribution in [1.82, 2.24) is 19.3 Å². The van der Waals surface area contributed by atoms with Crippen LogP contribution in [0.1, 0.15) is 18.1 Å². The minimum atomic E-state index is -0.219. The number of alkyl halides is 1. The molecule has 6 heteroatoms. The number of aromatic nitrogens is 4. The van der Waals surface area contributed by atoms with Crippen LogP contribution < -0.4 is 0 Å². The number of nitrogens with zero attached hydrogens (tertiary/aromatic N) is 4. The monoisotopic (exact) mass is 294 g/mol. The highest BCUT2D eigenvalue weighted by Gasteiger charge is 2.18. The lowest BCUT2D eigenvalue weighted by atomic mass is 10.3. The Kier molecular flexibility index (Phi) is 2.99. The zero-order valence-corrected chi connectivity index (χ0v) is 12.0. The van der Waals surface area contributed by atoms with Gasteiger partial charge >= 0.3 is 0 Å². The van der Waals surface area contributed by atoms with Gasteiger partial charge in [0, 0.05) is 13.2 Å². The molecule has 2 aromatic heterocycles. The van der Waals surface area contributed by atoms with E-state index in [2.05, 4.69) is 10.1 Å². The zero-order chi connectivity index (χ0) is 13.6. The summed E-state index contributed by atoms with van der Waals surface area (Å²) in [5.41, 5.74) is 2.62. The predicted molar refractivity (Wildman–Crippen MR) is 77.1 cm³/mol. The van der Waals surface area contributed by atoms with E-state index in [1.54, 1.807) is 10.9 Å². The van der Waals surface area contributed by atoms with Crippen molar-refractivity contribution in [3.05, 3.63) is 41.4 Å². The summed E-state index contributed by atoms with van der Waals surface area (Å²) in [5, 5.41) is 4.60. The van der Waals surface area contributed by atoms with Crippen molar-refractivity contribution in [2.45, 2.75) is 12.3 Å². The summed E-state index contributed by atoms with van der Waals surface area (Å²) >= 11 is 12.4. The third-order valence-electron chi connectivity index (χ3n) is 2.97. The number of rotatable bonds is 2. The molecule has 4 nitrogen and oxygen atoms in total. The SMILES string of the molecule is CC(Cl)c1nc2c(Cl)cccc2n1-c1cnn(C)c1. The largest absolute Gasteiger partial charge is 0.292 e. The van der Waals surface area contributed by atoms with Crippen molar-refractivity contribution >= 4 is 34.2 Å². The van der Waals surface area contributed by atoms with Gasteiger partial charge in [-0.15, -0.1) is 11.6 Å². The van der Waals surface area contributed by atoms with Crippen LogP contribution in [-0.2, 0) is 7.05 Å². The normalized spacial score (nSPS) is 13.1. The standard InChI is InChI=1S/C13H12Cl2N4/c1-8(14)13-17-12-10(15)4-3-5-11(12)19(13)9-6-16-18(2)7-9/h3-8H,1-2H3. The van der Waals surface area contributed by atoms with Gasteiger partial charge in [-0.25, -0.2) is 4.98 Å². The van der Waals surface area contributed by atoms with E-state index in [0.29, 0.717) is 5.02 Å². The molecule has 2 heterocycles. The molecule has 1 unspecified atom stereocenters. The molecule has 19 heavy (non-hydrogen) atoms. The highest BCUT2D eigenvalue weighted by Crippen LogP contribution is 2.31. The van der Waals surface area contributed by atoms with Gasteiger partial charge in [-0.05, 0) is 19.1 Å². The van der Waals surface area contributed by atoms with Crippen molar-refractivity contribution in [3.8, 4) is 5.69 Å². The number of halogens is 2. The average Bonchev–Trinajstić information content (AvgIpc) is 2.93. The van der Waals surface area contributed by atoms with Gasteiger partial charge in [0.25, 0.3) is 0 Å². The molecule has 0 saturated carbocycles. The van der Waals surface area contributed by atoms with Gasteiger partial charge in [-0.1, -0.05) is 17.7 Å². The molecule has 0 spiro atoms. The molecule has 0 saturated heterocycles. The van der Waals surface area contributed by atoms with E-state index in [0.717, 1.165) is 22.5 Å². The van der Waals surface area contributed by atoms with Gasteiger partial charge in [-0.3, -0.25) is 9.25 Å². The van der Waals surface area contributed by atoms with Crippen LogP contribution in [-0.4, -0.2) is 19.3 Å². The van der Waals surface area contributed by atoms with Gasteiger partial charge in [0.15, 0.2) is 0 Å². The maximum Gasteiger partial charge on any atom is 0.132 e. The molecule has 0 aliphatic rings. The van der Waals surface area contributed by atoms with E-state index in [1.807, 2.05) is 42.9 Å². The first kappa shape index (κ1) is 12.5. The van der Waals surface area contributed by atoms with E-state index in [4.69, 9.17) is 23.2 Å². The molecule has 0 fully saturated rings. The minimum absolute atomic E-state index is 0.219. The predicted octanol–water partition coefficient (Wildman–Crippen LogP) is 3.71. The maximum absolute atomic E-state index is 6.24.